The molecule has 2 aromatic rings. The molecule has 0 radical (unpaired) electrons. The summed E-state index contributed by atoms with van der Waals surface area (Å²) in [4.78, 5) is 0.871. The molecule has 0 saturated heterocycles. The molecular formula is C9H8FN3S. The van der Waals surface area contributed by atoms with Crippen LogP contribution in [0.2, 0.25) is 0 Å². The molecule has 0 fully saturated rings. The van der Waals surface area contributed by atoms with E-state index in [1.54, 1.807) is 12.1 Å². The van der Waals surface area contributed by atoms with E-state index in [0.29, 0.717) is 12.2 Å². The normalized spacial score (nSPS) is 10.4. The smallest absolute Gasteiger partial charge is 0.123 e. The van der Waals surface area contributed by atoms with Gasteiger partial charge in [0.2, 0.25) is 0 Å². The summed E-state index contributed by atoms with van der Waals surface area (Å²) in [5.41, 5.74) is 6.91. The zero-order chi connectivity index (χ0) is 9.97. The van der Waals surface area contributed by atoms with Crippen LogP contribution in [0.15, 0.2) is 24.3 Å². The van der Waals surface area contributed by atoms with Gasteiger partial charge in [0, 0.05) is 12.1 Å². The summed E-state index contributed by atoms with van der Waals surface area (Å²) in [7, 11) is 0. The van der Waals surface area contributed by atoms with E-state index in [0.717, 1.165) is 10.4 Å². The van der Waals surface area contributed by atoms with E-state index in [4.69, 9.17) is 5.73 Å². The second-order valence-corrected chi connectivity index (χ2v) is 3.60. The number of halogens is 1. The van der Waals surface area contributed by atoms with Crippen LogP contribution in [0.3, 0.4) is 0 Å². The molecule has 5 heteroatoms. The average molecular weight is 209 g/mol. The highest BCUT2D eigenvalue weighted by molar-refractivity contribution is 7.05. The second kappa shape index (κ2) is 3.81. The first kappa shape index (κ1) is 9.23. The lowest BCUT2D eigenvalue weighted by molar-refractivity contribution is 0.628. The molecule has 0 aliphatic heterocycles. The second-order valence-electron chi connectivity index (χ2n) is 2.76. The molecule has 3 nitrogen and oxygen atoms in total. The molecule has 1 aromatic heterocycles. The van der Waals surface area contributed by atoms with Crippen molar-refractivity contribution in [2.24, 2.45) is 5.73 Å². The highest BCUT2D eigenvalue weighted by atomic mass is 32.1. The summed E-state index contributed by atoms with van der Waals surface area (Å²) < 4.78 is 16.7. The summed E-state index contributed by atoms with van der Waals surface area (Å²) in [6.45, 7) is 0.378. The lowest BCUT2D eigenvalue weighted by Gasteiger charge is -1.98. The van der Waals surface area contributed by atoms with Crippen LogP contribution in [0.25, 0.3) is 11.3 Å². The molecule has 2 N–H and O–H groups in total. The number of rotatable bonds is 2. The number of hydrogen-bond acceptors (Lipinski definition) is 4. The van der Waals surface area contributed by atoms with Gasteiger partial charge >= 0.3 is 0 Å². The Kier molecular flexibility index (Phi) is 2.51. The summed E-state index contributed by atoms with van der Waals surface area (Å²) >= 11 is 1.24. The zero-order valence-corrected chi connectivity index (χ0v) is 8.09. The van der Waals surface area contributed by atoms with Gasteiger partial charge in [0.25, 0.3) is 0 Å². The maximum atomic E-state index is 12.9. The van der Waals surface area contributed by atoms with Gasteiger partial charge in [-0.3, -0.25) is 0 Å². The SMILES string of the molecule is NCc1snnc1-c1cccc(F)c1. The quantitative estimate of drug-likeness (QED) is 0.820. The van der Waals surface area contributed by atoms with Crippen LogP contribution >= 0.6 is 11.5 Å². The van der Waals surface area contributed by atoms with Crippen molar-refractivity contribution in [3.8, 4) is 11.3 Å². The van der Waals surface area contributed by atoms with Gasteiger partial charge in [0.05, 0.1) is 4.88 Å². The molecule has 1 heterocycles. The van der Waals surface area contributed by atoms with Crippen LogP contribution in [0.1, 0.15) is 4.88 Å². The zero-order valence-electron chi connectivity index (χ0n) is 7.27. The average Bonchev–Trinajstić information content (AvgIpc) is 2.65. The van der Waals surface area contributed by atoms with E-state index in [1.807, 2.05) is 0 Å². The van der Waals surface area contributed by atoms with Gasteiger partial charge in [-0.2, -0.15) is 0 Å². The fraction of sp³-hybridized carbons (Fsp3) is 0.111. The predicted molar refractivity (Wildman–Crippen MR) is 53.2 cm³/mol. The van der Waals surface area contributed by atoms with Crippen LogP contribution < -0.4 is 5.73 Å². The first-order valence-corrected chi connectivity index (χ1v) is 4.86. The maximum Gasteiger partial charge on any atom is 0.123 e. The molecule has 0 amide bonds. The van der Waals surface area contributed by atoms with Gasteiger partial charge in [-0.15, -0.1) is 5.10 Å². The van der Waals surface area contributed by atoms with E-state index < -0.39 is 0 Å². The molecule has 2 rings (SSSR count). The summed E-state index contributed by atoms with van der Waals surface area (Å²) in [6, 6.07) is 6.25. The van der Waals surface area contributed by atoms with E-state index in [9.17, 15) is 4.39 Å². The van der Waals surface area contributed by atoms with Gasteiger partial charge in [0.1, 0.15) is 11.5 Å². The van der Waals surface area contributed by atoms with E-state index >= 15 is 0 Å². The molecule has 0 aliphatic rings. The minimum Gasteiger partial charge on any atom is -0.326 e. The highest BCUT2D eigenvalue weighted by Gasteiger charge is 2.08. The molecule has 0 bridgehead atoms. The first-order chi connectivity index (χ1) is 6.81. The van der Waals surface area contributed by atoms with Gasteiger partial charge in [-0.1, -0.05) is 16.6 Å². The van der Waals surface area contributed by atoms with E-state index in [2.05, 4.69) is 9.59 Å². The van der Waals surface area contributed by atoms with E-state index in [1.165, 1.54) is 23.7 Å². The lowest BCUT2D eigenvalue weighted by atomic mass is 10.1. The Morgan fingerprint density at radius 2 is 2.29 bits per heavy atom. The molecule has 1 aromatic carbocycles. The summed E-state index contributed by atoms with van der Waals surface area (Å²) in [5.74, 6) is -0.279. The van der Waals surface area contributed by atoms with Crippen LogP contribution in [0, 0.1) is 5.82 Å². The number of hydrogen-bond donors (Lipinski definition) is 1. The minimum absolute atomic E-state index is 0.279. The monoisotopic (exact) mass is 209 g/mol. The van der Waals surface area contributed by atoms with Crippen molar-refractivity contribution in [1.29, 1.82) is 0 Å². The Morgan fingerprint density at radius 1 is 1.43 bits per heavy atom. The van der Waals surface area contributed by atoms with Gasteiger partial charge < -0.3 is 5.73 Å². The molecule has 0 saturated carbocycles. The highest BCUT2D eigenvalue weighted by Crippen LogP contribution is 2.23. The van der Waals surface area contributed by atoms with Crippen molar-refractivity contribution >= 4 is 11.5 Å². The van der Waals surface area contributed by atoms with Gasteiger partial charge in [-0.05, 0) is 23.7 Å². The van der Waals surface area contributed by atoms with Crippen LogP contribution in [-0.2, 0) is 6.54 Å². The third kappa shape index (κ3) is 1.64. The Morgan fingerprint density at radius 3 is 3.00 bits per heavy atom. The van der Waals surface area contributed by atoms with Crippen LogP contribution in [0.4, 0.5) is 4.39 Å². The van der Waals surface area contributed by atoms with Crippen molar-refractivity contribution in [2.45, 2.75) is 6.54 Å². The fourth-order valence-corrected chi connectivity index (χ4v) is 1.74. The topological polar surface area (TPSA) is 51.8 Å². The Hall–Kier alpha value is -1.33. The van der Waals surface area contributed by atoms with Crippen molar-refractivity contribution in [2.75, 3.05) is 0 Å². The third-order valence-electron chi connectivity index (χ3n) is 1.84. The van der Waals surface area contributed by atoms with Crippen molar-refractivity contribution in [1.82, 2.24) is 9.59 Å². The van der Waals surface area contributed by atoms with E-state index in [-0.39, 0.29) is 5.82 Å². The Bertz CT molecular complexity index is 441. The number of nitrogens with two attached hydrogens (primary N) is 1. The molecule has 0 unspecified atom stereocenters. The van der Waals surface area contributed by atoms with Crippen molar-refractivity contribution < 1.29 is 4.39 Å². The molecule has 0 aliphatic carbocycles. The summed E-state index contributed by atoms with van der Waals surface area (Å²) in [5, 5.41) is 3.92. The van der Waals surface area contributed by atoms with Crippen LogP contribution in [-0.4, -0.2) is 9.59 Å². The van der Waals surface area contributed by atoms with Crippen molar-refractivity contribution in [3.05, 3.63) is 35.0 Å². The minimum atomic E-state index is -0.279. The van der Waals surface area contributed by atoms with Crippen molar-refractivity contribution in [3.63, 3.8) is 0 Å². The molecular weight excluding hydrogens is 201 g/mol. The molecule has 0 spiro atoms. The standard InChI is InChI=1S/C9H8FN3S/c10-7-3-1-2-6(4-7)9-8(5-11)14-13-12-9/h1-4H,5,11H2. The number of nitrogens with zero attached hydrogens (tertiary/aromatic N) is 2. The Labute approximate surface area is 84.5 Å². The third-order valence-corrected chi connectivity index (χ3v) is 2.58. The number of benzene rings is 1. The van der Waals surface area contributed by atoms with Gasteiger partial charge in [-0.25, -0.2) is 4.39 Å². The predicted octanol–water partition coefficient (Wildman–Crippen LogP) is 1.80. The largest absolute Gasteiger partial charge is 0.326 e. The number of aromatic nitrogens is 2. The van der Waals surface area contributed by atoms with Crippen LogP contribution in [0.5, 0.6) is 0 Å². The molecule has 0 atom stereocenters. The lowest BCUT2D eigenvalue weighted by Crippen LogP contribution is -1.95. The Balaban J connectivity index is 2.49. The summed E-state index contributed by atoms with van der Waals surface area (Å²) in [6.07, 6.45) is 0. The first-order valence-electron chi connectivity index (χ1n) is 4.08. The maximum absolute atomic E-state index is 12.9. The van der Waals surface area contributed by atoms with Gasteiger partial charge in [0.15, 0.2) is 0 Å². The molecule has 72 valence electrons. The fourth-order valence-electron chi connectivity index (χ4n) is 1.20. The molecule has 14 heavy (non-hydrogen) atoms.